The second-order valence-electron chi connectivity index (χ2n) is 4.69. The Labute approximate surface area is 116 Å². The zero-order valence-electron chi connectivity index (χ0n) is 11.9. The highest BCUT2D eigenvalue weighted by Gasteiger charge is 2.17. The Morgan fingerprint density at radius 1 is 1.21 bits per heavy atom. The third-order valence-corrected chi connectivity index (χ3v) is 4.51. The molecule has 0 aliphatic carbocycles. The molecule has 0 fully saturated rings. The largest absolute Gasteiger partial charge is 0.381 e. The van der Waals surface area contributed by atoms with Gasteiger partial charge in [-0.05, 0) is 25.5 Å². The molecule has 108 valence electrons. The quantitative estimate of drug-likeness (QED) is 0.771. The summed E-state index contributed by atoms with van der Waals surface area (Å²) >= 11 is 0. The zero-order valence-corrected chi connectivity index (χ0v) is 12.8. The molecule has 5 heteroatoms. The molecule has 0 amide bonds. The molecule has 1 aromatic rings. The second-order valence-corrected chi connectivity index (χ2v) is 6.42. The first-order valence-corrected chi connectivity index (χ1v) is 8.34. The van der Waals surface area contributed by atoms with Crippen molar-refractivity contribution in [3.63, 3.8) is 0 Å². The minimum atomic E-state index is -3.42. The molecular formula is C14H24N2O2S. The van der Waals surface area contributed by atoms with E-state index >= 15 is 0 Å². The Balaban J connectivity index is 2.90. The lowest BCUT2D eigenvalue weighted by Crippen LogP contribution is -2.25. The first-order valence-electron chi connectivity index (χ1n) is 6.86. The number of benzene rings is 1. The highest BCUT2D eigenvalue weighted by molar-refractivity contribution is 7.89. The molecule has 0 saturated heterocycles. The molecule has 19 heavy (non-hydrogen) atoms. The van der Waals surface area contributed by atoms with Gasteiger partial charge in [-0.2, -0.15) is 0 Å². The van der Waals surface area contributed by atoms with Gasteiger partial charge in [-0.25, -0.2) is 13.1 Å². The van der Waals surface area contributed by atoms with Crippen LogP contribution in [-0.2, 0) is 10.0 Å². The first-order chi connectivity index (χ1) is 9.01. The van der Waals surface area contributed by atoms with Crippen molar-refractivity contribution in [1.29, 1.82) is 0 Å². The molecule has 0 aliphatic rings. The van der Waals surface area contributed by atoms with E-state index in [9.17, 15) is 8.42 Å². The summed E-state index contributed by atoms with van der Waals surface area (Å²) in [5.74, 6) is 0. The molecule has 1 rings (SSSR count). The predicted octanol–water partition coefficient (Wildman–Crippen LogP) is 2.98. The van der Waals surface area contributed by atoms with E-state index in [4.69, 9.17) is 0 Å². The van der Waals surface area contributed by atoms with Crippen molar-refractivity contribution < 1.29 is 8.42 Å². The van der Waals surface area contributed by atoms with Crippen LogP contribution in [0.2, 0.25) is 0 Å². The van der Waals surface area contributed by atoms with Crippen LogP contribution in [0.3, 0.4) is 0 Å². The fourth-order valence-corrected chi connectivity index (χ4v) is 3.15. The second kappa shape index (κ2) is 7.50. The van der Waals surface area contributed by atoms with E-state index in [1.165, 1.54) is 0 Å². The lowest BCUT2D eigenvalue weighted by Gasteiger charge is -2.18. The molecule has 0 bridgehead atoms. The summed E-state index contributed by atoms with van der Waals surface area (Å²) in [5, 5.41) is 3.29. The van der Waals surface area contributed by atoms with E-state index in [0.29, 0.717) is 17.1 Å². The van der Waals surface area contributed by atoms with Crippen molar-refractivity contribution in [2.24, 2.45) is 0 Å². The average Bonchev–Trinajstić information content (AvgIpc) is 2.36. The number of anilines is 1. The molecule has 2 N–H and O–H groups in total. The van der Waals surface area contributed by atoms with Crippen molar-refractivity contribution in [2.75, 3.05) is 11.9 Å². The van der Waals surface area contributed by atoms with Gasteiger partial charge in [0.2, 0.25) is 10.0 Å². The van der Waals surface area contributed by atoms with E-state index < -0.39 is 10.0 Å². The van der Waals surface area contributed by atoms with Crippen molar-refractivity contribution >= 4 is 15.7 Å². The van der Waals surface area contributed by atoms with E-state index in [-0.39, 0.29) is 6.04 Å². The Bertz CT molecular complexity index is 486. The van der Waals surface area contributed by atoms with Gasteiger partial charge in [-0.1, -0.05) is 38.8 Å². The van der Waals surface area contributed by atoms with Crippen LogP contribution in [0.25, 0.3) is 0 Å². The molecule has 1 unspecified atom stereocenters. The van der Waals surface area contributed by atoms with Gasteiger partial charge in [0.1, 0.15) is 4.90 Å². The smallest absolute Gasteiger partial charge is 0.242 e. The molecule has 0 aromatic heterocycles. The van der Waals surface area contributed by atoms with Crippen LogP contribution in [0.5, 0.6) is 0 Å². The maximum absolute atomic E-state index is 12.1. The summed E-state index contributed by atoms with van der Waals surface area (Å²) in [6.45, 7) is 6.39. The maximum atomic E-state index is 12.1. The number of hydrogen-bond acceptors (Lipinski definition) is 3. The van der Waals surface area contributed by atoms with Crippen molar-refractivity contribution in [1.82, 2.24) is 4.72 Å². The van der Waals surface area contributed by atoms with E-state index in [0.717, 1.165) is 19.3 Å². The predicted molar refractivity (Wildman–Crippen MR) is 79.9 cm³/mol. The number of sulfonamides is 1. The SMILES string of the molecule is CCCCC(C)Nc1ccccc1S(=O)(=O)NCC. The van der Waals surface area contributed by atoms with Crippen LogP contribution in [0.15, 0.2) is 29.2 Å². The number of nitrogens with one attached hydrogen (secondary N) is 2. The lowest BCUT2D eigenvalue weighted by molar-refractivity contribution is 0.583. The highest BCUT2D eigenvalue weighted by atomic mass is 32.2. The number of rotatable bonds is 8. The number of hydrogen-bond donors (Lipinski definition) is 2. The van der Waals surface area contributed by atoms with Gasteiger partial charge in [0.15, 0.2) is 0 Å². The molecular weight excluding hydrogens is 260 g/mol. The van der Waals surface area contributed by atoms with Gasteiger partial charge in [0, 0.05) is 12.6 Å². The monoisotopic (exact) mass is 284 g/mol. The Hall–Kier alpha value is -1.07. The van der Waals surface area contributed by atoms with Gasteiger partial charge in [-0.3, -0.25) is 0 Å². The third-order valence-electron chi connectivity index (χ3n) is 2.90. The zero-order chi connectivity index (χ0) is 14.3. The normalized spacial score (nSPS) is 13.2. The third kappa shape index (κ3) is 4.84. The molecule has 0 saturated carbocycles. The number of unbranched alkanes of at least 4 members (excludes halogenated alkanes) is 1. The minimum absolute atomic E-state index is 0.262. The topological polar surface area (TPSA) is 58.2 Å². The van der Waals surface area contributed by atoms with E-state index in [1.54, 1.807) is 19.1 Å². The molecule has 1 atom stereocenters. The molecule has 0 aliphatic heterocycles. The fraction of sp³-hybridized carbons (Fsp3) is 0.571. The summed E-state index contributed by atoms with van der Waals surface area (Å²) in [6.07, 6.45) is 3.31. The summed E-state index contributed by atoms with van der Waals surface area (Å²) in [5.41, 5.74) is 0.673. The Kier molecular flexibility index (Phi) is 6.31. The van der Waals surface area contributed by atoms with Crippen LogP contribution < -0.4 is 10.0 Å². The first kappa shape index (κ1) is 16.0. The molecule has 0 radical (unpaired) electrons. The van der Waals surface area contributed by atoms with E-state index in [2.05, 4.69) is 23.9 Å². The Morgan fingerprint density at radius 2 is 1.89 bits per heavy atom. The molecule has 0 heterocycles. The lowest BCUT2D eigenvalue weighted by atomic mass is 10.1. The van der Waals surface area contributed by atoms with Crippen LogP contribution in [0.1, 0.15) is 40.0 Å². The molecule has 4 nitrogen and oxygen atoms in total. The maximum Gasteiger partial charge on any atom is 0.242 e. The van der Waals surface area contributed by atoms with Gasteiger partial charge in [-0.15, -0.1) is 0 Å². The van der Waals surface area contributed by atoms with E-state index in [1.807, 2.05) is 12.1 Å². The van der Waals surface area contributed by atoms with Crippen molar-refractivity contribution in [3.05, 3.63) is 24.3 Å². The van der Waals surface area contributed by atoms with Gasteiger partial charge in [0.25, 0.3) is 0 Å². The van der Waals surface area contributed by atoms with Gasteiger partial charge < -0.3 is 5.32 Å². The van der Waals surface area contributed by atoms with Crippen LogP contribution in [-0.4, -0.2) is 21.0 Å². The standard InChI is InChI=1S/C14H24N2O2S/c1-4-6-9-12(3)16-13-10-7-8-11-14(13)19(17,18)15-5-2/h7-8,10-12,15-16H,4-6,9H2,1-3H3. The van der Waals surface area contributed by atoms with Gasteiger partial charge in [0.05, 0.1) is 5.69 Å². The minimum Gasteiger partial charge on any atom is -0.381 e. The van der Waals surface area contributed by atoms with Crippen LogP contribution in [0, 0.1) is 0 Å². The van der Waals surface area contributed by atoms with Gasteiger partial charge >= 0.3 is 0 Å². The summed E-state index contributed by atoms with van der Waals surface area (Å²) < 4.78 is 26.7. The van der Waals surface area contributed by atoms with Crippen LogP contribution >= 0.6 is 0 Å². The van der Waals surface area contributed by atoms with Crippen LogP contribution in [0.4, 0.5) is 5.69 Å². The summed E-state index contributed by atoms with van der Waals surface area (Å²) in [4.78, 5) is 0.320. The summed E-state index contributed by atoms with van der Waals surface area (Å²) in [6, 6.07) is 7.30. The number of para-hydroxylation sites is 1. The highest BCUT2D eigenvalue weighted by Crippen LogP contribution is 2.22. The Morgan fingerprint density at radius 3 is 2.53 bits per heavy atom. The summed E-state index contributed by atoms with van der Waals surface area (Å²) in [7, 11) is -3.42. The molecule has 1 aromatic carbocycles. The van der Waals surface area contributed by atoms with Crippen molar-refractivity contribution in [2.45, 2.75) is 51.0 Å². The molecule has 0 spiro atoms. The van der Waals surface area contributed by atoms with Crippen molar-refractivity contribution in [3.8, 4) is 0 Å². The average molecular weight is 284 g/mol. The fourth-order valence-electron chi connectivity index (χ4n) is 1.94.